The van der Waals surface area contributed by atoms with Crippen LogP contribution >= 0.6 is 0 Å². The molecule has 0 saturated carbocycles. The molecule has 0 aromatic heterocycles. The van der Waals surface area contributed by atoms with Crippen LogP contribution in [0.5, 0.6) is 0 Å². The van der Waals surface area contributed by atoms with Crippen molar-refractivity contribution in [2.45, 2.75) is 32.2 Å². The predicted octanol–water partition coefficient (Wildman–Crippen LogP) is 2.96. The second kappa shape index (κ2) is 7.97. The Morgan fingerprint density at radius 1 is 1.08 bits per heavy atom. The van der Waals surface area contributed by atoms with E-state index in [2.05, 4.69) is 5.32 Å². The Labute approximate surface area is 148 Å². The summed E-state index contributed by atoms with van der Waals surface area (Å²) in [5.41, 5.74) is 2.88. The maximum Gasteiger partial charge on any atom is 0.253 e. The second-order valence-corrected chi connectivity index (χ2v) is 6.63. The van der Waals surface area contributed by atoms with Crippen LogP contribution in [0.2, 0.25) is 0 Å². The van der Waals surface area contributed by atoms with Gasteiger partial charge in [-0.15, -0.1) is 0 Å². The third-order valence-corrected chi connectivity index (χ3v) is 4.71. The van der Waals surface area contributed by atoms with Gasteiger partial charge in [-0.2, -0.15) is 0 Å². The van der Waals surface area contributed by atoms with E-state index >= 15 is 0 Å². The number of nitrogens with zero attached hydrogens (tertiary/aromatic N) is 1. The van der Waals surface area contributed by atoms with Crippen molar-refractivity contribution < 1.29 is 9.59 Å². The standard InChI is InChI=1S/C21H24N2O2/c1-16-8-5-6-11-18(16)14-20(24)22-19-12-7-13-23(15-19)21(25)17-9-3-2-4-10-17/h2-6,8-11,19H,7,12-15H2,1H3,(H,22,24). The van der Waals surface area contributed by atoms with Gasteiger partial charge < -0.3 is 10.2 Å². The van der Waals surface area contributed by atoms with Crippen LogP contribution in [0.25, 0.3) is 0 Å². The Balaban J connectivity index is 1.57. The quantitative estimate of drug-likeness (QED) is 0.933. The first-order valence-electron chi connectivity index (χ1n) is 8.81. The molecule has 0 radical (unpaired) electrons. The minimum atomic E-state index is 0.0216. The largest absolute Gasteiger partial charge is 0.351 e. The molecule has 1 heterocycles. The number of hydrogen-bond acceptors (Lipinski definition) is 2. The molecule has 2 amide bonds. The van der Waals surface area contributed by atoms with E-state index in [0.29, 0.717) is 18.5 Å². The predicted molar refractivity (Wildman–Crippen MR) is 98.4 cm³/mol. The SMILES string of the molecule is Cc1ccccc1CC(=O)NC1CCCN(C(=O)c2ccccc2)C1. The van der Waals surface area contributed by atoms with Crippen molar-refractivity contribution in [1.82, 2.24) is 10.2 Å². The van der Waals surface area contributed by atoms with E-state index in [0.717, 1.165) is 30.5 Å². The third-order valence-electron chi connectivity index (χ3n) is 4.71. The molecule has 1 aliphatic heterocycles. The fourth-order valence-corrected chi connectivity index (χ4v) is 3.30. The van der Waals surface area contributed by atoms with Crippen LogP contribution in [-0.2, 0) is 11.2 Å². The molecule has 1 atom stereocenters. The first-order valence-corrected chi connectivity index (χ1v) is 8.81. The highest BCUT2D eigenvalue weighted by Crippen LogP contribution is 2.15. The zero-order valence-electron chi connectivity index (χ0n) is 14.6. The second-order valence-electron chi connectivity index (χ2n) is 6.63. The summed E-state index contributed by atoms with van der Waals surface area (Å²) in [6, 6.07) is 17.3. The fourth-order valence-electron chi connectivity index (χ4n) is 3.30. The van der Waals surface area contributed by atoms with Crippen LogP contribution in [0.4, 0.5) is 0 Å². The number of hydrogen-bond donors (Lipinski definition) is 1. The van der Waals surface area contributed by atoms with Crippen molar-refractivity contribution in [2.24, 2.45) is 0 Å². The van der Waals surface area contributed by atoms with Gasteiger partial charge in [-0.3, -0.25) is 9.59 Å². The Bertz CT molecular complexity index is 743. The normalized spacial score (nSPS) is 17.2. The Hall–Kier alpha value is -2.62. The van der Waals surface area contributed by atoms with Crippen LogP contribution < -0.4 is 5.32 Å². The van der Waals surface area contributed by atoms with E-state index in [1.807, 2.05) is 66.4 Å². The summed E-state index contributed by atoms with van der Waals surface area (Å²) < 4.78 is 0. The average Bonchev–Trinajstić information content (AvgIpc) is 2.64. The number of nitrogens with one attached hydrogen (secondary N) is 1. The van der Waals surface area contributed by atoms with Gasteiger partial charge in [-0.1, -0.05) is 42.5 Å². The molecule has 3 rings (SSSR count). The molecular formula is C21H24N2O2. The Morgan fingerprint density at radius 2 is 1.80 bits per heavy atom. The first-order chi connectivity index (χ1) is 12.1. The van der Waals surface area contributed by atoms with E-state index in [4.69, 9.17) is 0 Å². The van der Waals surface area contributed by atoms with Crippen LogP contribution in [-0.4, -0.2) is 35.8 Å². The van der Waals surface area contributed by atoms with Crippen LogP contribution in [0, 0.1) is 6.92 Å². The number of carbonyl (C=O) groups excluding carboxylic acids is 2. The molecule has 0 spiro atoms. The van der Waals surface area contributed by atoms with Gasteiger partial charge in [0.05, 0.1) is 6.42 Å². The van der Waals surface area contributed by atoms with Gasteiger partial charge in [0.2, 0.25) is 5.91 Å². The number of piperidine rings is 1. The minimum absolute atomic E-state index is 0.0216. The van der Waals surface area contributed by atoms with Crippen molar-refractivity contribution in [2.75, 3.05) is 13.1 Å². The van der Waals surface area contributed by atoms with E-state index in [9.17, 15) is 9.59 Å². The molecule has 4 nitrogen and oxygen atoms in total. The van der Waals surface area contributed by atoms with Crippen LogP contribution in [0.1, 0.15) is 34.3 Å². The highest BCUT2D eigenvalue weighted by atomic mass is 16.2. The number of benzene rings is 2. The highest BCUT2D eigenvalue weighted by Gasteiger charge is 2.25. The van der Waals surface area contributed by atoms with Gasteiger partial charge in [-0.25, -0.2) is 0 Å². The van der Waals surface area contributed by atoms with Gasteiger partial charge in [-0.05, 0) is 43.0 Å². The van der Waals surface area contributed by atoms with E-state index in [1.165, 1.54) is 0 Å². The summed E-state index contributed by atoms with van der Waals surface area (Å²) in [6.45, 7) is 3.34. The maximum atomic E-state index is 12.6. The summed E-state index contributed by atoms with van der Waals surface area (Å²) in [6.07, 6.45) is 2.21. The van der Waals surface area contributed by atoms with E-state index in [-0.39, 0.29) is 17.9 Å². The minimum Gasteiger partial charge on any atom is -0.351 e. The lowest BCUT2D eigenvalue weighted by Gasteiger charge is -2.33. The van der Waals surface area contributed by atoms with Gasteiger partial charge in [0.1, 0.15) is 0 Å². The first kappa shape index (κ1) is 17.2. The highest BCUT2D eigenvalue weighted by molar-refractivity contribution is 5.94. The molecule has 1 unspecified atom stereocenters. The smallest absolute Gasteiger partial charge is 0.253 e. The number of carbonyl (C=O) groups is 2. The molecule has 25 heavy (non-hydrogen) atoms. The zero-order chi connectivity index (χ0) is 17.6. The van der Waals surface area contributed by atoms with Gasteiger partial charge >= 0.3 is 0 Å². The lowest BCUT2D eigenvalue weighted by atomic mass is 10.0. The monoisotopic (exact) mass is 336 g/mol. The molecular weight excluding hydrogens is 312 g/mol. The lowest BCUT2D eigenvalue weighted by Crippen LogP contribution is -2.50. The zero-order valence-corrected chi connectivity index (χ0v) is 14.6. The molecule has 2 aromatic carbocycles. The van der Waals surface area contributed by atoms with Crippen molar-refractivity contribution in [3.8, 4) is 0 Å². The topological polar surface area (TPSA) is 49.4 Å². The maximum absolute atomic E-state index is 12.6. The van der Waals surface area contributed by atoms with Gasteiger partial charge in [0, 0.05) is 24.7 Å². The molecule has 1 saturated heterocycles. The average molecular weight is 336 g/mol. The van der Waals surface area contributed by atoms with Crippen molar-refractivity contribution in [3.63, 3.8) is 0 Å². The number of rotatable bonds is 4. The summed E-state index contributed by atoms with van der Waals surface area (Å²) in [5, 5.41) is 3.10. The van der Waals surface area contributed by atoms with Crippen molar-refractivity contribution >= 4 is 11.8 Å². The fraction of sp³-hybridized carbons (Fsp3) is 0.333. The third kappa shape index (κ3) is 4.47. The van der Waals surface area contributed by atoms with E-state index < -0.39 is 0 Å². The summed E-state index contributed by atoms with van der Waals surface area (Å²) in [5.74, 6) is 0.0618. The molecule has 1 N–H and O–H groups in total. The molecule has 130 valence electrons. The van der Waals surface area contributed by atoms with Crippen LogP contribution in [0.15, 0.2) is 54.6 Å². The van der Waals surface area contributed by atoms with Crippen molar-refractivity contribution in [3.05, 3.63) is 71.3 Å². The molecule has 2 aromatic rings. The Kier molecular flexibility index (Phi) is 5.49. The molecule has 1 fully saturated rings. The van der Waals surface area contributed by atoms with Gasteiger partial charge in [0.15, 0.2) is 0 Å². The summed E-state index contributed by atoms with van der Waals surface area (Å²) >= 11 is 0. The Morgan fingerprint density at radius 3 is 2.56 bits per heavy atom. The number of likely N-dealkylation sites (tertiary alicyclic amines) is 1. The molecule has 4 heteroatoms. The van der Waals surface area contributed by atoms with E-state index in [1.54, 1.807) is 0 Å². The molecule has 1 aliphatic rings. The summed E-state index contributed by atoms with van der Waals surface area (Å²) in [7, 11) is 0. The van der Waals surface area contributed by atoms with Gasteiger partial charge in [0.25, 0.3) is 5.91 Å². The lowest BCUT2D eigenvalue weighted by molar-refractivity contribution is -0.121. The van der Waals surface area contributed by atoms with Crippen molar-refractivity contribution in [1.29, 1.82) is 0 Å². The number of amides is 2. The summed E-state index contributed by atoms with van der Waals surface area (Å²) in [4.78, 5) is 26.8. The molecule has 0 bridgehead atoms. The molecule has 0 aliphatic carbocycles. The number of aryl methyl sites for hydroxylation is 1. The van der Waals surface area contributed by atoms with Crippen LogP contribution in [0.3, 0.4) is 0 Å².